The van der Waals surface area contributed by atoms with Gasteiger partial charge >= 0.3 is 5.97 Å². The van der Waals surface area contributed by atoms with Crippen molar-refractivity contribution in [2.45, 2.75) is 12.6 Å². The van der Waals surface area contributed by atoms with Crippen LogP contribution in [0.25, 0.3) is 0 Å². The molecule has 3 nitrogen and oxygen atoms in total. The van der Waals surface area contributed by atoms with Crippen molar-refractivity contribution in [1.29, 1.82) is 0 Å². The van der Waals surface area contributed by atoms with Crippen LogP contribution in [0, 0.1) is 0 Å². The van der Waals surface area contributed by atoms with Gasteiger partial charge in [-0.1, -0.05) is 12.1 Å². The van der Waals surface area contributed by atoms with Crippen LogP contribution in [-0.4, -0.2) is 13.1 Å². The molecular formula is C12H13NO2S2. The summed E-state index contributed by atoms with van der Waals surface area (Å²) in [5.41, 5.74) is 0. The molecule has 1 N–H and O–H groups in total. The largest absolute Gasteiger partial charge is 0.468 e. The Kier molecular flexibility index (Phi) is 4.30. The number of nitrogens with one attached hydrogen (secondary N) is 1. The summed E-state index contributed by atoms with van der Waals surface area (Å²) in [7, 11) is 1.41. The lowest BCUT2D eigenvalue weighted by Crippen LogP contribution is -2.28. The summed E-state index contributed by atoms with van der Waals surface area (Å²) in [5.74, 6) is -0.246. The molecule has 0 bridgehead atoms. The minimum atomic E-state index is -0.373. The molecule has 0 saturated carbocycles. The van der Waals surface area contributed by atoms with E-state index in [1.165, 1.54) is 12.0 Å². The van der Waals surface area contributed by atoms with E-state index in [1.54, 1.807) is 22.7 Å². The lowest BCUT2D eigenvalue weighted by atomic mass is 10.2. The predicted molar refractivity (Wildman–Crippen MR) is 70.2 cm³/mol. The number of methoxy groups -OCH3 is 1. The van der Waals surface area contributed by atoms with E-state index >= 15 is 0 Å². The molecule has 0 aromatic carbocycles. The maximum absolute atomic E-state index is 11.7. The molecule has 5 heteroatoms. The summed E-state index contributed by atoms with van der Waals surface area (Å²) in [6.07, 6.45) is 0. The Labute approximate surface area is 108 Å². The van der Waals surface area contributed by atoms with Crippen molar-refractivity contribution in [1.82, 2.24) is 5.32 Å². The first-order chi connectivity index (χ1) is 8.31. The fourth-order valence-electron chi connectivity index (χ4n) is 1.49. The van der Waals surface area contributed by atoms with E-state index in [0.717, 1.165) is 4.88 Å². The average molecular weight is 267 g/mol. The molecule has 90 valence electrons. The Balaban J connectivity index is 2.04. The highest BCUT2D eigenvalue weighted by atomic mass is 32.1. The first kappa shape index (κ1) is 12.3. The first-order valence-corrected chi connectivity index (χ1v) is 6.94. The van der Waals surface area contributed by atoms with Gasteiger partial charge in [0.2, 0.25) is 0 Å². The van der Waals surface area contributed by atoms with Crippen molar-refractivity contribution in [3.63, 3.8) is 0 Å². The molecule has 0 spiro atoms. The number of carbonyl (C=O) groups is 1. The Morgan fingerprint density at radius 1 is 1.35 bits per heavy atom. The molecule has 0 saturated heterocycles. The smallest absolute Gasteiger partial charge is 0.328 e. The van der Waals surface area contributed by atoms with Crippen molar-refractivity contribution in [3.05, 3.63) is 44.8 Å². The zero-order valence-corrected chi connectivity index (χ0v) is 11.0. The van der Waals surface area contributed by atoms with Gasteiger partial charge in [0.05, 0.1) is 7.11 Å². The van der Waals surface area contributed by atoms with Crippen LogP contribution in [0.4, 0.5) is 0 Å². The summed E-state index contributed by atoms with van der Waals surface area (Å²) in [5, 5.41) is 7.20. The van der Waals surface area contributed by atoms with Gasteiger partial charge in [-0.15, -0.1) is 22.7 Å². The van der Waals surface area contributed by atoms with Gasteiger partial charge in [0, 0.05) is 16.3 Å². The summed E-state index contributed by atoms with van der Waals surface area (Å²) < 4.78 is 4.81. The van der Waals surface area contributed by atoms with Crippen LogP contribution in [0.3, 0.4) is 0 Å². The summed E-state index contributed by atoms with van der Waals surface area (Å²) in [6.45, 7) is 0.676. The zero-order valence-electron chi connectivity index (χ0n) is 9.38. The Morgan fingerprint density at radius 3 is 2.71 bits per heavy atom. The predicted octanol–water partition coefficient (Wildman–Crippen LogP) is 2.81. The summed E-state index contributed by atoms with van der Waals surface area (Å²) >= 11 is 3.22. The van der Waals surface area contributed by atoms with Crippen LogP contribution in [0.1, 0.15) is 15.8 Å². The van der Waals surface area contributed by atoms with Crippen LogP contribution in [-0.2, 0) is 16.1 Å². The number of esters is 1. The van der Waals surface area contributed by atoms with Gasteiger partial charge in [0.25, 0.3) is 0 Å². The fourth-order valence-corrected chi connectivity index (χ4v) is 2.93. The highest BCUT2D eigenvalue weighted by Gasteiger charge is 2.21. The van der Waals surface area contributed by atoms with Crippen LogP contribution in [0.15, 0.2) is 35.0 Å². The molecule has 0 amide bonds. The second kappa shape index (κ2) is 5.95. The minimum absolute atomic E-state index is 0.246. The van der Waals surface area contributed by atoms with E-state index in [1.807, 2.05) is 35.0 Å². The van der Waals surface area contributed by atoms with E-state index in [4.69, 9.17) is 4.74 Å². The van der Waals surface area contributed by atoms with E-state index in [2.05, 4.69) is 5.32 Å². The second-order valence-electron chi connectivity index (χ2n) is 3.43. The topological polar surface area (TPSA) is 38.3 Å². The van der Waals surface area contributed by atoms with Gasteiger partial charge in [0.1, 0.15) is 6.04 Å². The first-order valence-electron chi connectivity index (χ1n) is 5.18. The number of ether oxygens (including phenoxy) is 1. The SMILES string of the molecule is COC(=O)C(NCc1cccs1)c1cccs1. The standard InChI is InChI=1S/C12H13NO2S2/c1-15-12(14)11(10-5-3-7-17-10)13-8-9-4-2-6-16-9/h2-7,11,13H,8H2,1H3. The number of carbonyl (C=O) groups excluding carboxylic acids is 1. The number of hydrogen-bond donors (Lipinski definition) is 1. The van der Waals surface area contributed by atoms with Crippen LogP contribution in [0.2, 0.25) is 0 Å². The van der Waals surface area contributed by atoms with Gasteiger partial charge in [-0.25, -0.2) is 4.79 Å². The molecule has 2 aromatic heterocycles. The lowest BCUT2D eigenvalue weighted by Gasteiger charge is -2.14. The van der Waals surface area contributed by atoms with Gasteiger partial charge in [-0.05, 0) is 22.9 Å². The van der Waals surface area contributed by atoms with Crippen molar-refractivity contribution < 1.29 is 9.53 Å². The van der Waals surface area contributed by atoms with Gasteiger partial charge in [-0.3, -0.25) is 5.32 Å². The summed E-state index contributed by atoms with van der Waals surface area (Å²) in [4.78, 5) is 13.9. The van der Waals surface area contributed by atoms with Gasteiger partial charge in [-0.2, -0.15) is 0 Å². The molecule has 1 atom stereocenters. The molecule has 0 fully saturated rings. The molecule has 0 aliphatic heterocycles. The van der Waals surface area contributed by atoms with Crippen molar-refractivity contribution in [3.8, 4) is 0 Å². The molecule has 0 aliphatic carbocycles. The third kappa shape index (κ3) is 3.15. The fraction of sp³-hybridized carbons (Fsp3) is 0.250. The highest BCUT2D eigenvalue weighted by Crippen LogP contribution is 2.21. The van der Waals surface area contributed by atoms with E-state index < -0.39 is 0 Å². The van der Waals surface area contributed by atoms with Crippen molar-refractivity contribution in [2.75, 3.05) is 7.11 Å². The van der Waals surface area contributed by atoms with Crippen LogP contribution < -0.4 is 5.32 Å². The number of thiophene rings is 2. The molecule has 1 unspecified atom stereocenters. The normalized spacial score (nSPS) is 12.3. The molecule has 0 aliphatic rings. The average Bonchev–Trinajstić information content (AvgIpc) is 3.01. The quantitative estimate of drug-likeness (QED) is 0.847. The Bertz CT molecular complexity index is 451. The highest BCUT2D eigenvalue weighted by molar-refractivity contribution is 7.10. The minimum Gasteiger partial charge on any atom is -0.468 e. The van der Waals surface area contributed by atoms with E-state index in [-0.39, 0.29) is 12.0 Å². The van der Waals surface area contributed by atoms with Gasteiger partial charge in [0.15, 0.2) is 0 Å². The summed E-state index contributed by atoms with van der Waals surface area (Å²) in [6, 6.07) is 7.54. The van der Waals surface area contributed by atoms with Gasteiger partial charge < -0.3 is 4.74 Å². The molecule has 0 radical (unpaired) electrons. The molecule has 2 aromatic rings. The van der Waals surface area contributed by atoms with E-state index in [9.17, 15) is 4.79 Å². The number of hydrogen-bond acceptors (Lipinski definition) is 5. The second-order valence-corrected chi connectivity index (χ2v) is 5.44. The van der Waals surface area contributed by atoms with Crippen LogP contribution >= 0.6 is 22.7 Å². The third-order valence-electron chi connectivity index (χ3n) is 2.33. The molecule has 2 rings (SSSR count). The zero-order chi connectivity index (χ0) is 12.1. The monoisotopic (exact) mass is 267 g/mol. The van der Waals surface area contributed by atoms with E-state index in [0.29, 0.717) is 6.54 Å². The Morgan fingerprint density at radius 2 is 2.12 bits per heavy atom. The third-order valence-corrected chi connectivity index (χ3v) is 4.14. The van der Waals surface area contributed by atoms with Crippen molar-refractivity contribution in [2.24, 2.45) is 0 Å². The molecule has 2 heterocycles. The maximum Gasteiger partial charge on any atom is 0.328 e. The number of rotatable bonds is 5. The lowest BCUT2D eigenvalue weighted by molar-refractivity contribution is -0.143. The Hall–Kier alpha value is -1.17. The van der Waals surface area contributed by atoms with Crippen molar-refractivity contribution >= 4 is 28.6 Å². The van der Waals surface area contributed by atoms with Crippen LogP contribution in [0.5, 0.6) is 0 Å². The molecular weight excluding hydrogens is 254 g/mol. The maximum atomic E-state index is 11.7. The molecule has 17 heavy (non-hydrogen) atoms.